The van der Waals surface area contributed by atoms with Crippen molar-refractivity contribution < 1.29 is 4.39 Å². The van der Waals surface area contributed by atoms with Crippen molar-refractivity contribution in [3.05, 3.63) is 47.2 Å². The molecule has 0 spiro atoms. The summed E-state index contributed by atoms with van der Waals surface area (Å²) in [5, 5.41) is 0. The van der Waals surface area contributed by atoms with Gasteiger partial charge in [-0.15, -0.1) is 0 Å². The average molecular weight is 313 g/mol. The van der Waals surface area contributed by atoms with E-state index >= 15 is 0 Å². The third-order valence-electron chi connectivity index (χ3n) is 4.47. The molecule has 0 fully saturated rings. The van der Waals surface area contributed by atoms with Crippen LogP contribution in [0.2, 0.25) is 0 Å². The van der Waals surface area contributed by atoms with Crippen molar-refractivity contribution >= 4 is 0 Å². The van der Waals surface area contributed by atoms with E-state index in [1.165, 1.54) is 17.7 Å². The lowest BCUT2D eigenvalue weighted by molar-refractivity contribution is 0.201. The molecule has 1 aliphatic heterocycles. The van der Waals surface area contributed by atoms with Crippen LogP contribution in [0.1, 0.15) is 50.7 Å². The number of hydrogen-bond donors (Lipinski definition) is 0. The Balaban J connectivity index is 2.12. The Labute approximate surface area is 137 Å². The minimum absolute atomic E-state index is 0.218. The van der Waals surface area contributed by atoms with Gasteiger partial charge in [-0.25, -0.2) is 14.4 Å². The van der Waals surface area contributed by atoms with Crippen molar-refractivity contribution in [1.82, 2.24) is 14.9 Å². The van der Waals surface area contributed by atoms with Crippen LogP contribution in [0.4, 0.5) is 4.39 Å². The minimum Gasteiger partial charge on any atom is -0.296 e. The first-order valence-electron chi connectivity index (χ1n) is 8.35. The SMILES string of the molecule is CC(C)c1nc2c(c(-c3ccc(F)cc3)n1)CN(C(C)C)CC2. The molecule has 2 heterocycles. The Kier molecular flexibility index (Phi) is 4.44. The number of fused-ring (bicyclic) bond motifs is 1. The standard InChI is InChI=1S/C19H24FN3/c1-12(2)19-21-17-9-10-23(13(3)4)11-16(17)18(22-19)14-5-7-15(20)8-6-14/h5-8,12-13H,9-11H2,1-4H3. The normalized spacial score (nSPS) is 15.3. The first-order valence-corrected chi connectivity index (χ1v) is 8.35. The Bertz CT molecular complexity index is 693. The molecule has 4 heteroatoms. The van der Waals surface area contributed by atoms with Crippen molar-refractivity contribution in [1.29, 1.82) is 0 Å². The molecular weight excluding hydrogens is 289 g/mol. The van der Waals surface area contributed by atoms with Crippen LogP contribution in [-0.2, 0) is 13.0 Å². The first-order chi connectivity index (χ1) is 11.0. The van der Waals surface area contributed by atoms with Crippen LogP contribution in [-0.4, -0.2) is 27.5 Å². The summed E-state index contributed by atoms with van der Waals surface area (Å²) in [6.07, 6.45) is 0.948. The van der Waals surface area contributed by atoms with E-state index in [9.17, 15) is 4.39 Å². The van der Waals surface area contributed by atoms with Crippen molar-refractivity contribution in [3.63, 3.8) is 0 Å². The Hall–Kier alpha value is -1.81. The predicted molar refractivity (Wildman–Crippen MR) is 90.8 cm³/mol. The molecule has 0 atom stereocenters. The summed E-state index contributed by atoms with van der Waals surface area (Å²) in [5.41, 5.74) is 4.28. The van der Waals surface area contributed by atoms with Crippen LogP contribution in [0.25, 0.3) is 11.3 Å². The number of benzene rings is 1. The molecule has 1 aromatic carbocycles. The van der Waals surface area contributed by atoms with Crippen LogP contribution in [0.3, 0.4) is 0 Å². The molecule has 0 aliphatic carbocycles. The number of rotatable bonds is 3. The lowest BCUT2D eigenvalue weighted by atomic mass is 9.97. The van der Waals surface area contributed by atoms with Gasteiger partial charge in [-0.1, -0.05) is 13.8 Å². The zero-order valence-corrected chi connectivity index (χ0v) is 14.3. The molecule has 0 amide bonds. The van der Waals surface area contributed by atoms with Crippen LogP contribution in [0.5, 0.6) is 0 Å². The molecule has 3 rings (SSSR count). The van der Waals surface area contributed by atoms with Gasteiger partial charge in [0.25, 0.3) is 0 Å². The Morgan fingerprint density at radius 2 is 1.74 bits per heavy atom. The molecule has 0 bridgehead atoms. The van der Waals surface area contributed by atoms with Gasteiger partial charge in [-0.3, -0.25) is 4.90 Å². The average Bonchev–Trinajstić information content (AvgIpc) is 2.54. The van der Waals surface area contributed by atoms with Crippen molar-refractivity contribution in [2.75, 3.05) is 6.54 Å². The lowest BCUT2D eigenvalue weighted by Crippen LogP contribution is -2.37. The maximum atomic E-state index is 13.3. The second kappa shape index (κ2) is 6.36. The molecule has 122 valence electrons. The third-order valence-corrected chi connectivity index (χ3v) is 4.47. The molecule has 0 saturated heterocycles. The van der Waals surface area contributed by atoms with E-state index in [4.69, 9.17) is 9.97 Å². The van der Waals surface area contributed by atoms with Crippen LogP contribution < -0.4 is 0 Å². The fraction of sp³-hybridized carbons (Fsp3) is 0.474. The maximum absolute atomic E-state index is 13.3. The molecule has 1 aromatic heterocycles. The molecule has 3 nitrogen and oxygen atoms in total. The summed E-state index contributed by atoms with van der Waals surface area (Å²) in [4.78, 5) is 12.1. The van der Waals surface area contributed by atoms with Crippen molar-refractivity contribution in [2.24, 2.45) is 0 Å². The van der Waals surface area contributed by atoms with Gasteiger partial charge >= 0.3 is 0 Å². The van der Waals surface area contributed by atoms with Gasteiger partial charge in [-0.2, -0.15) is 0 Å². The number of hydrogen-bond acceptors (Lipinski definition) is 3. The van der Waals surface area contributed by atoms with Crippen LogP contribution in [0.15, 0.2) is 24.3 Å². The molecule has 2 aromatic rings. The first kappa shape index (κ1) is 16.1. The number of aromatic nitrogens is 2. The van der Waals surface area contributed by atoms with E-state index in [1.54, 1.807) is 0 Å². The number of halogens is 1. The molecule has 0 unspecified atom stereocenters. The van der Waals surface area contributed by atoms with E-state index in [0.29, 0.717) is 6.04 Å². The molecule has 0 radical (unpaired) electrons. The largest absolute Gasteiger partial charge is 0.296 e. The van der Waals surface area contributed by atoms with Gasteiger partial charge in [0.05, 0.1) is 11.4 Å². The highest BCUT2D eigenvalue weighted by atomic mass is 19.1. The van der Waals surface area contributed by atoms with Crippen molar-refractivity contribution in [2.45, 2.75) is 52.6 Å². The van der Waals surface area contributed by atoms with Gasteiger partial charge in [0.15, 0.2) is 0 Å². The highest BCUT2D eigenvalue weighted by molar-refractivity contribution is 5.64. The predicted octanol–water partition coefficient (Wildman–Crippen LogP) is 4.17. The molecule has 1 aliphatic rings. The van der Waals surface area contributed by atoms with E-state index in [2.05, 4.69) is 32.6 Å². The van der Waals surface area contributed by atoms with Gasteiger partial charge in [0, 0.05) is 42.6 Å². The zero-order valence-electron chi connectivity index (χ0n) is 14.3. The molecular formula is C19H24FN3. The third kappa shape index (κ3) is 3.27. The second-order valence-electron chi connectivity index (χ2n) is 6.83. The Morgan fingerprint density at radius 3 is 2.35 bits per heavy atom. The topological polar surface area (TPSA) is 29.0 Å². The maximum Gasteiger partial charge on any atom is 0.131 e. The smallest absolute Gasteiger partial charge is 0.131 e. The summed E-state index contributed by atoms with van der Waals surface area (Å²) < 4.78 is 13.3. The summed E-state index contributed by atoms with van der Waals surface area (Å²) in [5.74, 6) is 0.938. The summed E-state index contributed by atoms with van der Waals surface area (Å²) in [6, 6.07) is 7.13. The van der Waals surface area contributed by atoms with Crippen molar-refractivity contribution in [3.8, 4) is 11.3 Å². The van der Waals surface area contributed by atoms with Gasteiger partial charge in [-0.05, 0) is 38.1 Å². The zero-order chi connectivity index (χ0) is 16.6. The lowest BCUT2D eigenvalue weighted by Gasteiger charge is -2.32. The number of nitrogens with zero attached hydrogens (tertiary/aromatic N) is 3. The summed E-state index contributed by atoms with van der Waals surface area (Å²) >= 11 is 0. The second-order valence-corrected chi connectivity index (χ2v) is 6.83. The van der Waals surface area contributed by atoms with E-state index < -0.39 is 0 Å². The van der Waals surface area contributed by atoms with Crippen LogP contribution >= 0.6 is 0 Å². The monoisotopic (exact) mass is 313 g/mol. The summed E-state index contributed by atoms with van der Waals surface area (Å²) in [6.45, 7) is 10.5. The molecule has 0 N–H and O–H groups in total. The Morgan fingerprint density at radius 1 is 1.04 bits per heavy atom. The van der Waals surface area contributed by atoms with Gasteiger partial charge < -0.3 is 0 Å². The van der Waals surface area contributed by atoms with E-state index in [0.717, 1.165) is 42.3 Å². The fourth-order valence-electron chi connectivity index (χ4n) is 3.00. The van der Waals surface area contributed by atoms with Gasteiger partial charge in [0.2, 0.25) is 0 Å². The van der Waals surface area contributed by atoms with E-state index in [1.807, 2.05) is 12.1 Å². The van der Waals surface area contributed by atoms with Crippen LogP contribution in [0, 0.1) is 5.82 Å². The molecule has 23 heavy (non-hydrogen) atoms. The fourth-order valence-corrected chi connectivity index (χ4v) is 3.00. The van der Waals surface area contributed by atoms with Gasteiger partial charge in [0.1, 0.15) is 11.6 Å². The highest BCUT2D eigenvalue weighted by Crippen LogP contribution is 2.30. The van der Waals surface area contributed by atoms with E-state index in [-0.39, 0.29) is 11.7 Å². The quantitative estimate of drug-likeness (QED) is 0.851. The summed E-state index contributed by atoms with van der Waals surface area (Å²) in [7, 11) is 0. The molecule has 0 saturated carbocycles. The highest BCUT2D eigenvalue weighted by Gasteiger charge is 2.25. The minimum atomic E-state index is -0.218.